The average Bonchev–Trinajstić information content (AvgIpc) is 0.826. The summed E-state index contributed by atoms with van der Waals surface area (Å²) >= 11 is 0. The van der Waals surface area contributed by atoms with Gasteiger partial charge >= 0.3 is 0 Å². The first-order valence-electron chi connectivity index (χ1n) is 37.4. The molecule has 17 unspecified atom stereocenters. The summed E-state index contributed by atoms with van der Waals surface area (Å²) in [7, 11) is 0. The topological polar surface area (TPSA) is 307 Å². The van der Waals surface area contributed by atoms with E-state index in [0.717, 1.165) is 44.9 Å². The van der Waals surface area contributed by atoms with Crippen LogP contribution in [0.5, 0.6) is 0 Å². The van der Waals surface area contributed by atoms with Gasteiger partial charge in [0.15, 0.2) is 18.9 Å². The highest BCUT2D eigenvalue weighted by Gasteiger charge is 2.53. The Balaban J connectivity index is 1.26. The second-order valence-electron chi connectivity index (χ2n) is 27.1. The number of carbonyl (C=O) groups is 1. The zero-order valence-corrected chi connectivity index (χ0v) is 57.1. The van der Waals surface area contributed by atoms with Crippen molar-refractivity contribution in [2.45, 2.75) is 413 Å². The number of amides is 1. The lowest BCUT2D eigenvalue weighted by molar-refractivity contribution is -0.379. The molecular formula is C72H137NO18. The lowest BCUT2D eigenvalue weighted by Gasteiger charge is -2.48. The molecular weight excluding hydrogens is 1170 g/mol. The first kappa shape index (κ1) is 83.8. The van der Waals surface area contributed by atoms with Gasteiger partial charge in [0.25, 0.3) is 0 Å². The van der Waals surface area contributed by atoms with E-state index in [4.69, 9.17) is 28.4 Å². The number of aliphatic hydroxyl groups is 11. The van der Waals surface area contributed by atoms with E-state index in [2.05, 4.69) is 31.3 Å². The van der Waals surface area contributed by atoms with E-state index in [1.165, 1.54) is 231 Å². The monoisotopic (exact) mass is 1300 g/mol. The Hall–Kier alpha value is -1.47. The van der Waals surface area contributed by atoms with Gasteiger partial charge in [0.05, 0.1) is 38.6 Å². The number of nitrogens with one attached hydrogen (secondary N) is 1. The average molecular weight is 1300 g/mol. The van der Waals surface area contributed by atoms with Crippen LogP contribution in [0.1, 0.15) is 309 Å². The van der Waals surface area contributed by atoms with Gasteiger partial charge in [-0.2, -0.15) is 0 Å². The summed E-state index contributed by atoms with van der Waals surface area (Å²) in [6.45, 7) is 1.79. The van der Waals surface area contributed by atoms with E-state index in [1.54, 1.807) is 0 Å². The molecule has 12 N–H and O–H groups in total. The molecule has 0 saturated carbocycles. The fourth-order valence-corrected chi connectivity index (χ4v) is 13.0. The van der Waals surface area contributed by atoms with Gasteiger partial charge in [-0.1, -0.05) is 276 Å². The van der Waals surface area contributed by atoms with Crippen LogP contribution < -0.4 is 5.32 Å². The quantitative estimate of drug-likeness (QED) is 0.0199. The Morgan fingerprint density at radius 2 is 0.692 bits per heavy atom. The molecule has 0 aliphatic carbocycles. The highest BCUT2D eigenvalue weighted by molar-refractivity contribution is 5.76. The summed E-state index contributed by atoms with van der Waals surface area (Å²) in [5.41, 5.74) is 0. The summed E-state index contributed by atoms with van der Waals surface area (Å²) in [4.78, 5) is 13.4. The van der Waals surface area contributed by atoms with Gasteiger partial charge in [-0.15, -0.1) is 0 Å². The molecule has 3 heterocycles. The van der Waals surface area contributed by atoms with E-state index < -0.39 is 124 Å². The van der Waals surface area contributed by atoms with Crippen molar-refractivity contribution in [3.8, 4) is 0 Å². The molecule has 19 heteroatoms. The van der Waals surface area contributed by atoms with Crippen molar-refractivity contribution in [3.63, 3.8) is 0 Å². The van der Waals surface area contributed by atoms with Crippen molar-refractivity contribution in [1.82, 2.24) is 5.32 Å². The van der Waals surface area contributed by atoms with Gasteiger partial charge in [-0.05, 0) is 38.5 Å². The zero-order chi connectivity index (χ0) is 66.1. The van der Waals surface area contributed by atoms with E-state index in [1.807, 2.05) is 0 Å². The lowest BCUT2D eigenvalue weighted by Crippen LogP contribution is -2.66. The maximum Gasteiger partial charge on any atom is 0.220 e. The maximum atomic E-state index is 13.4. The smallest absolute Gasteiger partial charge is 0.220 e. The summed E-state index contributed by atoms with van der Waals surface area (Å²) < 4.78 is 34.3. The van der Waals surface area contributed by atoms with Crippen molar-refractivity contribution in [2.24, 2.45) is 0 Å². The van der Waals surface area contributed by atoms with Crippen LogP contribution in [0.25, 0.3) is 0 Å². The Labute approximate surface area is 550 Å². The minimum atomic E-state index is -1.97. The van der Waals surface area contributed by atoms with Gasteiger partial charge in [0.1, 0.15) is 73.2 Å². The van der Waals surface area contributed by atoms with Crippen LogP contribution in [0.15, 0.2) is 12.2 Å². The van der Waals surface area contributed by atoms with Crippen molar-refractivity contribution >= 4 is 5.91 Å². The Morgan fingerprint density at radius 1 is 0.385 bits per heavy atom. The summed E-state index contributed by atoms with van der Waals surface area (Å²) in [6, 6.07) is -0.881. The van der Waals surface area contributed by atoms with Gasteiger partial charge < -0.3 is 89.9 Å². The number of aliphatic hydroxyl groups excluding tert-OH is 11. The Morgan fingerprint density at radius 3 is 1.07 bits per heavy atom. The molecule has 17 atom stereocenters. The minimum absolute atomic E-state index is 0.239. The number of ether oxygens (including phenoxy) is 6. The number of hydrogen-bond acceptors (Lipinski definition) is 18. The molecule has 19 nitrogen and oxygen atoms in total. The molecule has 3 rings (SSSR count). The van der Waals surface area contributed by atoms with E-state index in [0.29, 0.717) is 12.8 Å². The van der Waals surface area contributed by atoms with Crippen LogP contribution >= 0.6 is 0 Å². The molecule has 3 saturated heterocycles. The van der Waals surface area contributed by atoms with Gasteiger partial charge in [-0.3, -0.25) is 4.79 Å². The van der Waals surface area contributed by atoms with Crippen molar-refractivity contribution < 1.29 is 89.4 Å². The second kappa shape index (κ2) is 54.5. The van der Waals surface area contributed by atoms with Crippen molar-refractivity contribution in [2.75, 3.05) is 26.4 Å². The summed E-state index contributed by atoms with van der Waals surface area (Å²) in [6.07, 6.45) is 35.1. The molecule has 3 aliphatic heterocycles. The molecule has 0 radical (unpaired) electrons. The number of carbonyl (C=O) groups excluding carboxylic acids is 1. The van der Waals surface area contributed by atoms with E-state index >= 15 is 0 Å². The third kappa shape index (κ3) is 36.1. The molecule has 0 aromatic carbocycles. The van der Waals surface area contributed by atoms with Gasteiger partial charge in [0.2, 0.25) is 5.91 Å². The molecule has 538 valence electrons. The third-order valence-electron chi connectivity index (χ3n) is 19.1. The molecule has 0 spiro atoms. The first-order chi connectivity index (χ1) is 44.3. The van der Waals surface area contributed by atoms with Gasteiger partial charge in [-0.25, -0.2) is 0 Å². The van der Waals surface area contributed by atoms with Crippen molar-refractivity contribution in [3.05, 3.63) is 12.2 Å². The van der Waals surface area contributed by atoms with E-state index in [9.17, 15) is 61.0 Å². The number of allylic oxidation sites excluding steroid dienone is 2. The van der Waals surface area contributed by atoms with Gasteiger partial charge in [0, 0.05) is 6.42 Å². The Kier molecular flexibility index (Phi) is 50.2. The zero-order valence-electron chi connectivity index (χ0n) is 57.1. The largest absolute Gasteiger partial charge is 0.394 e. The molecule has 3 aliphatic rings. The summed E-state index contributed by atoms with van der Waals surface area (Å²) in [5, 5.41) is 120. The fourth-order valence-electron chi connectivity index (χ4n) is 13.0. The third-order valence-corrected chi connectivity index (χ3v) is 19.1. The predicted molar refractivity (Wildman–Crippen MR) is 356 cm³/mol. The highest BCUT2D eigenvalue weighted by Crippen LogP contribution is 2.33. The second-order valence-corrected chi connectivity index (χ2v) is 27.1. The molecule has 1 amide bonds. The normalized spacial score (nSPS) is 27.9. The first-order valence-corrected chi connectivity index (χ1v) is 37.4. The van der Waals surface area contributed by atoms with Crippen LogP contribution in [-0.2, 0) is 33.2 Å². The van der Waals surface area contributed by atoms with Crippen LogP contribution in [0.4, 0.5) is 0 Å². The molecule has 0 aromatic rings. The van der Waals surface area contributed by atoms with E-state index in [-0.39, 0.29) is 18.9 Å². The molecule has 0 bridgehead atoms. The molecule has 3 fully saturated rings. The fraction of sp³-hybridized carbons (Fsp3) is 0.958. The van der Waals surface area contributed by atoms with Crippen LogP contribution in [-0.4, -0.2) is 193 Å². The van der Waals surface area contributed by atoms with Crippen LogP contribution in [0.2, 0.25) is 0 Å². The highest BCUT2D eigenvalue weighted by atomic mass is 16.8. The SMILES string of the molecule is CCCCCCCCCC/C=C\CCCCCCCCCCCCCCCCCCCCCCCCCCCC(=O)NC(COC1OC(CO)C(OC2OC(CO)C(OC3OC(CO)C(O)C(O)C3O)C(O)C2O)C(O)C1O)C(O)CCCCCCCCCCC. The number of unbranched alkanes of at least 4 members (excludes halogenated alkanes) is 41. The van der Waals surface area contributed by atoms with Crippen LogP contribution in [0.3, 0.4) is 0 Å². The van der Waals surface area contributed by atoms with Crippen LogP contribution in [0, 0.1) is 0 Å². The minimum Gasteiger partial charge on any atom is -0.394 e. The summed E-state index contributed by atoms with van der Waals surface area (Å²) in [5.74, 6) is -0.239. The number of hydrogen-bond donors (Lipinski definition) is 12. The molecule has 91 heavy (non-hydrogen) atoms. The lowest BCUT2D eigenvalue weighted by atomic mass is 9.96. The van der Waals surface area contributed by atoms with Crippen molar-refractivity contribution in [1.29, 1.82) is 0 Å². The standard InChI is InChI=1S/C72H137NO18/c1-3-5-7-9-11-13-14-15-16-17-18-19-20-21-22-23-24-25-26-27-28-29-30-31-32-33-34-35-36-37-38-39-40-42-44-46-48-50-60(78)73-55(56(77)49-47-45-43-41-12-10-8-6-4-2)54-86-70-66(84)63(81)68(58(52-75)88-70)91-72-67(85)64(82)69(59(53-76)89-72)90-71-65(83)62(80)61(79)57(51-74)87-71/h17-18,55-59,61-72,74-77,79-85H,3-16,19-54H2,1-2H3,(H,73,78)/b18-17-. The predicted octanol–water partition coefficient (Wildman–Crippen LogP) is 10.8. The Bertz CT molecular complexity index is 1700. The maximum absolute atomic E-state index is 13.4. The molecule has 0 aromatic heterocycles. The number of rotatable bonds is 59.